The molecule has 0 fully saturated rings. The van der Waals surface area contributed by atoms with Crippen molar-refractivity contribution < 1.29 is 4.74 Å². The van der Waals surface area contributed by atoms with Crippen molar-refractivity contribution in [3.63, 3.8) is 0 Å². The fourth-order valence-corrected chi connectivity index (χ4v) is 2.03. The Kier molecular flexibility index (Phi) is 4.56. The Morgan fingerprint density at radius 2 is 2.18 bits per heavy atom. The third-order valence-corrected chi connectivity index (χ3v) is 3.07. The minimum atomic E-state index is 0.474. The Bertz CT molecular complexity index is 359. The van der Waals surface area contributed by atoms with Crippen molar-refractivity contribution >= 4 is 6.21 Å². The summed E-state index contributed by atoms with van der Waals surface area (Å²) in [5.74, 6) is 0.918. The Hall–Kier alpha value is -1.35. The molecule has 0 amide bonds. The Morgan fingerprint density at radius 3 is 2.82 bits per heavy atom. The first kappa shape index (κ1) is 12.1. The van der Waals surface area contributed by atoms with Crippen molar-refractivity contribution in [2.45, 2.75) is 25.3 Å². The number of methoxy groups -OCH3 is 1. The molecule has 1 aliphatic rings. The summed E-state index contributed by atoms with van der Waals surface area (Å²) in [7, 11) is 1.69. The average Bonchev–Trinajstić information content (AvgIpc) is 2.41. The second-order valence-electron chi connectivity index (χ2n) is 4.36. The quantitative estimate of drug-likeness (QED) is 0.843. The van der Waals surface area contributed by atoms with Crippen molar-refractivity contribution in [1.82, 2.24) is 5.32 Å². The lowest BCUT2D eigenvalue weighted by molar-refractivity contribution is 0.414. The minimum Gasteiger partial charge on any atom is -0.497 e. The van der Waals surface area contributed by atoms with Crippen molar-refractivity contribution in [1.29, 1.82) is 0 Å². The molecular weight excluding hydrogens is 212 g/mol. The van der Waals surface area contributed by atoms with Gasteiger partial charge in [0, 0.05) is 18.8 Å². The summed E-state index contributed by atoms with van der Waals surface area (Å²) >= 11 is 0. The molecule has 0 aromatic heterocycles. The highest BCUT2D eigenvalue weighted by molar-refractivity contribution is 5.65. The van der Waals surface area contributed by atoms with E-state index in [0.717, 1.165) is 25.3 Å². The molecule has 2 rings (SSSR count). The predicted molar refractivity (Wildman–Crippen MR) is 71.1 cm³/mol. The maximum atomic E-state index is 5.14. The number of hydrogen-bond acceptors (Lipinski definition) is 3. The summed E-state index contributed by atoms with van der Waals surface area (Å²) in [6.45, 7) is 2.00. The topological polar surface area (TPSA) is 33.6 Å². The number of rotatable bonds is 5. The molecule has 1 aliphatic heterocycles. The van der Waals surface area contributed by atoms with Crippen LogP contribution < -0.4 is 10.1 Å². The molecule has 1 unspecified atom stereocenters. The summed E-state index contributed by atoms with van der Waals surface area (Å²) in [6.07, 6.45) is 5.52. The third-order valence-electron chi connectivity index (χ3n) is 3.07. The number of nitrogens with zero attached hydrogens (tertiary/aromatic N) is 1. The van der Waals surface area contributed by atoms with Crippen LogP contribution in [0, 0.1) is 0 Å². The lowest BCUT2D eigenvalue weighted by atomic mass is 10.1. The predicted octanol–water partition coefficient (Wildman–Crippen LogP) is 2.06. The zero-order valence-corrected chi connectivity index (χ0v) is 10.4. The monoisotopic (exact) mass is 232 g/mol. The van der Waals surface area contributed by atoms with E-state index in [-0.39, 0.29) is 0 Å². The summed E-state index contributed by atoms with van der Waals surface area (Å²) in [5, 5.41) is 3.52. The van der Waals surface area contributed by atoms with Gasteiger partial charge in [-0.15, -0.1) is 0 Å². The van der Waals surface area contributed by atoms with Crippen LogP contribution in [0.1, 0.15) is 18.4 Å². The fourth-order valence-electron chi connectivity index (χ4n) is 2.03. The number of benzene rings is 1. The van der Waals surface area contributed by atoms with Crippen LogP contribution in [0.3, 0.4) is 0 Å². The van der Waals surface area contributed by atoms with Crippen LogP contribution in [0.2, 0.25) is 0 Å². The van der Waals surface area contributed by atoms with E-state index >= 15 is 0 Å². The van der Waals surface area contributed by atoms with Crippen molar-refractivity contribution in [2.24, 2.45) is 4.99 Å². The van der Waals surface area contributed by atoms with Gasteiger partial charge in [0.15, 0.2) is 0 Å². The molecular formula is C14H20N2O. The van der Waals surface area contributed by atoms with Gasteiger partial charge in [0.25, 0.3) is 0 Å². The van der Waals surface area contributed by atoms with Crippen LogP contribution in [0.4, 0.5) is 0 Å². The van der Waals surface area contributed by atoms with Gasteiger partial charge in [-0.25, -0.2) is 0 Å². The molecule has 0 radical (unpaired) electrons. The van der Waals surface area contributed by atoms with E-state index in [0.29, 0.717) is 6.04 Å². The van der Waals surface area contributed by atoms with E-state index in [2.05, 4.69) is 28.7 Å². The van der Waals surface area contributed by atoms with Crippen LogP contribution in [-0.4, -0.2) is 32.5 Å². The molecule has 3 heteroatoms. The average molecular weight is 232 g/mol. The van der Waals surface area contributed by atoms with Crippen LogP contribution in [0.25, 0.3) is 0 Å². The highest BCUT2D eigenvalue weighted by Crippen LogP contribution is 2.11. The molecule has 17 heavy (non-hydrogen) atoms. The first-order valence-corrected chi connectivity index (χ1v) is 6.25. The maximum absolute atomic E-state index is 5.14. The van der Waals surface area contributed by atoms with E-state index in [9.17, 15) is 0 Å². The highest BCUT2D eigenvalue weighted by atomic mass is 16.5. The molecule has 0 aliphatic carbocycles. The third kappa shape index (κ3) is 3.86. The van der Waals surface area contributed by atoms with Gasteiger partial charge in [-0.05, 0) is 43.5 Å². The summed E-state index contributed by atoms with van der Waals surface area (Å²) in [4.78, 5) is 4.30. The molecule has 1 N–H and O–H groups in total. The smallest absolute Gasteiger partial charge is 0.118 e. The van der Waals surface area contributed by atoms with Crippen LogP contribution in [0.5, 0.6) is 5.75 Å². The second-order valence-corrected chi connectivity index (χ2v) is 4.36. The van der Waals surface area contributed by atoms with E-state index in [1.165, 1.54) is 18.4 Å². The van der Waals surface area contributed by atoms with E-state index in [1.54, 1.807) is 7.11 Å². The molecule has 1 heterocycles. The van der Waals surface area contributed by atoms with Gasteiger partial charge < -0.3 is 10.1 Å². The molecule has 0 saturated heterocycles. The molecule has 0 bridgehead atoms. The van der Waals surface area contributed by atoms with Crippen molar-refractivity contribution in [2.75, 3.05) is 20.2 Å². The minimum absolute atomic E-state index is 0.474. The number of ether oxygens (including phenoxy) is 1. The lowest BCUT2D eigenvalue weighted by Gasteiger charge is -2.17. The van der Waals surface area contributed by atoms with E-state index in [4.69, 9.17) is 4.74 Å². The van der Waals surface area contributed by atoms with Gasteiger partial charge in [-0.2, -0.15) is 0 Å². The van der Waals surface area contributed by atoms with Gasteiger partial charge in [0.1, 0.15) is 5.75 Å². The zero-order valence-electron chi connectivity index (χ0n) is 10.4. The molecule has 0 spiro atoms. The van der Waals surface area contributed by atoms with Gasteiger partial charge in [0.2, 0.25) is 0 Å². The van der Waals surface area contributed by atoms with Crippen LogP contribution >= 0.6 is 0 Å². The maximum Gasteiger partial charge on any atom is 0.118 e. The fraction of sp³-hybridized carbons (Fsp3) is 0.500. The number of hydrogen-bond donors (Lipinski definition) is 1. The van der Waals surface area contributed by atoms with E-state index in [1.807, 2.05) is 12.1 Å². The molecule has 1 aromatic rings. The normalized spacial score (nSPS) is 19.2. The van der Waals surface area contributed by atoms with Gasteiger partial charge in [0.05, 0.1) is 7.11 Å². The lowest BCUT2D eigenvalue weighted by Crippen LogP contribution is -2.34. The Balaban J connectivity index is 1.73. The highest BCUT2D eigenvalue weighted by Gasteiger charge is 2.07. The van der Waals surface area contributed by atoms with Crippen LogP contribution in [-0.2, 0) is 6.42 Å². The summed E-state index contributed by atoms with van der Waals surface area (Å²) < 4.78 is 5.14. The Morgan fingerprint density at radius 1 is 1.35 bits per heavy atom. The van der Waals surface area contributed by atoms with Crippen molar-refractivity contribution in [3.05, 3.63) is 29.8 Å². The first-order valence-electron chi connectivity index (χ1n) is 6.25. The van der Waals surface area contributed by atoms with Gasteiger partial charge in [-0.3, -0.25) is 4.99 Å². The molecule has 0 saturated carbocycles. The number of aliphatic imine (C=N–C) groups is 1. The standard InChI is InChI=1S/C14H20N2O/c1-17-14-6-4-12(5-7-14)8-10-16-13-3-2-9-15-11-13/h4-7,11,13,16H,2-3,8-10H2,1H3. The SMILES string of the molecule is COc1ccc(CCNC2C=NCCC2)cc1. The van der Waals surface area contributed by atoms with Gasteiger partial charge >= 0.3 is 0 Å². The van der Waals surface area contributed by atoms with Crippen LogP contribution in [0.15, 0.2) is 29.3 Å². The van der Waals surface area contributed by atoms with E-state index < -0.39 is 0 Å². The Labute approximate surface area is 103 Å². The molecule has 1 atom stereocenters. The largest absolute Gasteiger partial charge is 0.497 e. The summed E-state index contributed by atoms with van der Waals surface area (Å²) in [5.41, 5.74) is 1.34. The van der Waals surface area contributed by atoms with Crippen molar-refractivity contribution in [3.8, 4) is 5.75 Å². The molecule has 1 aromatic carbocycles. The molecule has 3 nitrogen and oxygen atoms in total. The second kappa shape index (κ2) is 6.40. The molecule has 92 valence electrons. The first-order chi connectivity index (χ1) is 8.38. The number of nitrogens with one attached hydrogen (secondary N) is 1. The van der Waals surface area contributed by atoms with Gasteiger partial charge in [-0.1, -0.05) is 12.1 Å². The zero-order chi connectivity index (χ0) is 11.9. The summed E-state index contributed by atoms with van der Waals surface area (Å²) in [6, 6.07) is 8.74.